The average molecular weight is 269 g/mol. The summed E-state index contributed by atoms with van der Waals surface area (Å²) < 4.78 is 1.11. The van der Waals surface area contributed by atoms with E-state index in [1.54, 1.807) is 11.3 Å². The summed E-state index contributed by atoms with van der Waals surface area (Å²) in [6.07, 6.45) is 0. The molecule has 3 N–H and O–H groups in total. The third kappa shape index (κ3) is 2.15. The molecule has 0 radical (unpaired) electrons. The largest absolute Gasteiger partial charge is 0.395 e. The Kier molecular flexibility index (Phi) is 2.87. The van der Waals surface area contributed by atoms with Crippen molar-refractivity contribution in [2.75, 3.05) is 11.1 Å². The van der Waals surface area contributed by atoms with E-state index < -0.39 is 0 Å². The molecule has 0 unspecified atom stereocenters. The van der Waals surface area contributed by atoms with Crippen LogP contribution in [0.25, 0.3) is 10.2 Å². The first-order valence-corrected chi connectivity index (χ1v) is 6.99. The van der Waals surface area contributed by atoms with E-state index in [4.69, 9.17) is 5.73 Å². The van der Waals surface area contributed by atoms with Gasteiger partial charge in [0.25, 0.3) is 0 Å². The second kappa shape index (κ2) is 4.55. The van der Waals surface area contributed by atoms with Crippen molar-refractivity contribution < 1.29 is 0 Å². The van der Waals surface area contributed by atoms with Crippen molar-refractivity contribution in [2.24, 2.45) is 0 Å². The number of thiazole rings is 1. The zero-order chi connectivity index (χ0) is 13.4. The number of benzene rings is 2. The molecular weight excluding hydrogens is 254 g/mol. The molecule has 0 spiro atoms. The third-order valence-corrected chi connectivity index (χ3v) is 3.99. The van der Waals surface area contributed by atoms with Gasteiger partial charge in [-0.25, -0.2) is 4.98 Å². The molecule has 1 heterocycles. The predicted octanol–water partition coefficient (Wildman–Crippen LogP) is 4.24. The van der Waals surface area contributed by atoms with Crippen molar-refractivity contribution in [3.63, 3.8) is 0 Å². The Bertz CT molecular complexity index is 746. The van der Waals surface area contributed by atoms with Crippen molar-refractivity contribution in [2.45, 2.75) is 13.8 Å². The Morgan fingerprint density at radius 1 is 1.11 bits per heavy atom. The van der Waals surface area contributed by atoms with Crippen molar-refractivity contribution >= 4 is 38.6 Å². The third-order valence-electron chi connectivity index (χ3n) is 3.19. The van der Waals surface area contributed by atoms with Gasteiger partial charge < -0.3 is 11.1 Å². The Hall–Kier alpha value is -2.07. The van der Waals surface area contributed by atoms with Crippen LogP contribution in [0.4, 0.5) is 17.1 Å². The molecular formula is C15H15N3S. The molecule has 0 fully saturated rings. The molecule has 0 amide bonds. The summed E-state index contributed by atoms with van der Waals surface area (Å²) in [5, 5.41) is 3.39. The Morgan fingerprint density at radius 3 is 2.68 bits per heavy atom. The first-order chi connectivity index (χ1) is 9.15. The molecule has 96 valence electrons. The van der Waals surface area contributed by atoms with E-state index in [1.807, 2.05) is 11.6 Å². The van der Waals surface area contributed by atoms with Gasteiger partial charge in [0, 0.05) is 5.69 Å². The summed E-state index contributed by atoms with van der Waals surface area (Å²) >= 11 is 1.60. The van der Waals surface area contributed by atoms with Crippen molar-refractivity contribution in [3.8, 4) is 0 Å². The number of nitrogen functional groups attached to an aromatic ring is 1. The maximum Gasteiger partial charge on any atom is 0.106 e. The maximum atomic E-state index is 6.17. The van der Waals surface area contributed by atoms with Gasteiger partial charge in [-0.1, -0.05) is 17.7 Å². The van der Waals surface area contributed by atoms with E-state index in [-0.39, 0.29) is 0 Å². The molecule has 3 rings (SSSR count). The van der Waals surface area contributed by atoms with Crippen LogP contribution in [0.15, 0.2) is 35.8 Å². The molecule has 0 atom stereocenters. The van der Waals surface area contributed by atoms with Crippen molar-refractivity contribution in [1.82, 2.24) is 4.98 Å². The molecule has 0 aliphatic heterocycles. The van der Waals surface area contributed by atoms with Gasteiger partial charge in [-0.05, 0) is 37.6 Å². The second-order valence-corrected chi connectivity index (χ2v) is 5.56. The molecule has 0 aliphatic carbocycles. The molecule has 3 aromatic rings. The van der Waals surface area contributed by atoms with Gasteiger partial charge in [0.2, 0.25) is 0 Å². The summed E-state index contributed by atoms with van der Waals surface area (Å²) in [4.78, 5) is 4.31. The van der Waals surface area contributed by atoms with Gasteiger partial charge in [-0.3, -0.25) is 0 Å². The number of anilines is 3. The summed E-state index contributed by atoms with van der Waals surface area (Å²) in [6.45, 7) is 4.18. The fourth-order valence-corrected chi connectivity index (χ4v) is 2.85. The summed E-state index contributed by atoms with van der Waals surface area (Å²) in [6, 6.07) is 10.4. The normalized spacial score (nSPS) is 10.8. The minimum Gasteiger partial charge on any atom is -0.395 e. The highest BCUT2D eigenvalue weighted by atomic mass is 32.1. The van der Waals surface area contributed by atoms with E-state index >= 15 is 0 Å². The van der Waals surface area contributed by atoms with Crippen LogP contribution in [0.3, 0.4) is 0 Å². The minimum absolute atomic E-state index is 0.707. The number of aromatic nitrogens is 1. The number of nitrogens with two attached hydrogens (primary N) is 1. The molecule has 0 bridgehead atoms. The standard InChI is InChI=1S/C15H15N3S/c1-9-3-4-11(10(2)7-9)18-12-5-6-13-15(14(12)16)17-8-19-13/h3-8,18H,16H2,1-2H3. The van der Waals surface area contributed by atoms with Gasteiger partial charge in [0.15, 0.2) is 0 Å². The van der Waals surface area contributed by atoms with E-state index in [0.717, 1.165) is 21.6 Å². The fourth-order valence-electron chi connectivity index (χ4n) is 2.16. The van der Waals surface area contributed by atoms with Crippen LogP contribution < -0.4 is 11.1 Å². The lowest BCUT2D eigenvalue weighted by atomic mass is 10.1. The SMILES string of the molecule is Cc1ccc(Nc2ccc3scnc3c2N)c(C)c1. The van der Waals surface area contributed by atoms with E-state index in [2.05, 4.69) is 48.4 Å². The van der Waals surface area contributed by atoms with Gasteiger partial charge >= 0.3 is 0 Å². The smallest absolute Gasteiger partial charge is 0.106 e. The van der Waals surface area contributed by atoms with Gasteiger partial charge in [0.1, 0.15) is 5.52 Å². The number of hydrogen-bond donors (Lipinski definition) is 2. The van der Waals surface area contributed by atoms with Gasteiger partial charge in [0.05, 0.1) is 21.6 Å². The summed E-state index contributed by atoms with van der Waals surface area (Å²) in [5.74, 6) is 0. The number of rotatable bonds is 2. The number of aryl methyl sites for hydroxylation is 2. The Balaban J connectivity index is 2.03. The quantitative estimate of drug-likeness (QED) is 0.684. The van der Waals surface area contributed by atoms with Crippen LogP contribution in [-0.2, 0) is 0 Å². The summed E-state index contributed by atoms with van der Waals surface area (Å²) in [5.41, 5.74) is 14.0. The lowest BCUT2D eigenvalue weighted by molar-refractivity contribution is 1.37. The number of nitrogens with one attached hydrogen (secondary N) is 1. The van der Waals surface area contributed by atoms with Crippen molar-refractivity contribution in [1.29, 1.82) is 0 Å². The molecule has 2 aromatic carbocycles. The van der Waals surface area contributed by atoms with Crippen LogP contribution in [0.1, 0.15) is 11.1 Å². The highest BCUT2D eigenvalue weighted by Gasteiger charge is 2.08. The van der Waals surface area contributed by atoms with Gasteiger partial charge in [-0.2, -0.15) is 0 Å². The molecule has 1 aromatic heterocycles. The van der Waals surface area contributed by atoms with E-state index in [9.17, 15) is 0 Å². The highest BCUT2D eigenvalue weighted by molar-refractivity contribution is 7.16. The summed E-state index contributed by atoms with van der Waals surface area (Å²) in [7, 11) is 0. The number of nitrogens with zero attached hydrogens (tertiary/aromatic N) is 1. The Labute approximate surface area is 116 Å². The fraction of sp³-hybridized carbons (Fsp3) is 0.133. The van der Waals surface area contributed by atoms with Crippen LogP contribution in [0.5, 0.6) is 0 Å². The lowest BCUT2D eigenvalue weighted by Crippen LogP contribution is -1.98. The second-order valence-electron chi connectivity index (χ2n) is 4.67. The minimum atomic E-state index is 0.707. The predicted molar refractivity (Wildman–Crippen MR) is 83.2 cm³/mol. The topological polar surface area (TPSA) is 50.9 Å². The first-order valence-electron chi connectivity index (χ1n) is 6.11. The molecule has 0 saturated carbocycles. The molecule has 4 heteroatoms. The zero-order valence-electron chi connectivity index (χ0n) is 10.9. The highest BCUT2D eigenvalue weighted by Crippen LogP contribution is 2.32. The number of hydrogen-bond acceptors (Lipinski definition) is 4. The van der Waals surface area contributed by atoms with Crippen molar-refractivity contribution in [3.05, 3.63) is 47.0 Å². The van der Waals surface area contributed by atoms with Crippen LogP contribution in [0, 0.1) is 13.8 Å². The van der Waals surface area contributed by atoms with Gasteiger partial charge in [-0.15, -0.1) is 11.3 Å². The first kappa shape index (κ1) is 12.0. The Morgan fingerprint density at radius 2 is 1.89 bits per heavy atom. The molecule has 0 aliphatic rings. The zero-order valence-corrected chi connectivity index (χ0v) is 11.7. The van der Waals surface area contributed by atoms with E-state index in [1.165, 1.54) is 11.1 Å². The monoisotopic (exact) mass is 269 g/mol. The molecule has 19 heavy (non-hydrogen) atoms. The van der Waals surface area contributed by atoms with Crippen LogP contribution in [-0.4, -0.2) is 4.98 Å². The lowest BCUT2D eigenvalue weighted by Gasteiger charge is -2.12. The van der Waals surface area contributed by atoms with Crippen LogP contribution >= 0.6 is 11.3 Å². The van der Waals surface area contributed by atoms with E-state index in [0.29, 0.717) is 5.69 Å². The maximum absolute atomic E-state index is 6.17. The molecule has 0 saturated heterocycles. The average Bonchev–Trinajstić information content (AvgIpc) is 2.85. The van der Waals surface area contributed by atoms with Crippen LogP contribution in [0.2, 0.25) is 0 Å². The number of fused-ring (bicyclic) bond motifs is 1. The molecule has 3 nitrogen and oxygen atoms in total.